The van der Waals surface area contributed by atoms with Crippen LogP contribution in [0.1, 0.15) is 12.5 Å². The molecule has 0 amide bonds. The van der Waals surface area contributed by atoms with E-state index in [2.05, 4.69) is 36.1 Å². The van der Waals surface area contributed by atoms with Crippen molar-refractivity contribution >= 4 is 32.4 Å². The first-order valence-corrected chi connectivity index (χ1v) is 6.71. The predicted molar refractivity (Wildman–Crippen MR) is 65.7 cm³/mol. The predicted octanol–water partition coefficient (Wildman–Crippen LogP) is 1.95. The van der Waals surface area contributed by atoms with Crippen LogP contribution < -0.4 is 4.90 Å². The zero-order valence-corrected chi connectivity index (χ0v) is 10.9. The molecule has 0 spiro atoms. The lowest BCUT2D eigenvalue weighted by Crippen LogP contribution is -2.20. The summed E-state index contributed by atoms with van der Waals surface area (Å²) in [6.45, 7) is 1.99. The fourth-order valence-electron chi connectivity index (χ4n) is 1.95. The van der Waals surface area contributed by atoms with E-state index < -0.39 is 0 Å². The van der Waals surface area contributed by atoms with E-state index >= 15 is 0 Å². The lowest BCUT2D eigenvalue weighted by Gasteiger charge is -2.14. The third-order valence-electron chi connectivity index (χ3n) is 2.73. The van der Waals surface area contributed by atoms with Gasteiger partial charge in [-0.2, -0.15) is 5.10 Å². The molecule has 3 rings (SSSR count). The van der Waals surface area contributed by atoms with Crippen LogP contribution in [0.25, 0.3) is 0 Å². The van der Waals surface area contributed by atoms with Crippen LogP contribution in [0.2, 0.25) is 0 Å². The minimum atomic E-state index is 0.440. The van der Waals surface area contributed by atoms with Crippen molar-refractivity contribution in [1.29, 1.82) is 0 Å². The normalized spacial score (nSPS) is 20.6. The summed E-state index contributed by atoms with van der Waals surface area (Å²) in [6.07, 6.45) is 4.95. The lowest BCUT2D eigenvalue weighted by atomic mass is 10.3. The van der Waals surface area contributed by atoms with Crippen molar-refractivity contribution in [3.63, 3.8) is 0 Å². The van der Waals surface area contributed by atoms with E-state index in [9.17, 15) is 0 Å². The highest BCUT2D eigenvalue weighted by Gasteiger charge is 2.26. The molecule has 3 heterocycles. The average molecular weight is 300 g/mol. The fourth-order valence-corrected chi connectivity index (χ4v) is 2.85. The van der Waals surface area contributed by atoms with Crippen LogP contribution in [0.3, 0.4) is 0 Å². The Morgan fingerprint density at radius 2 is 2.44 bits per heavy atom. The Hall–Kier alpha value is -0.950. The molecular formula is C9H10BrN5S. The van der Waals surface area contributed by atoms with Crippen molar-refractivity contribution in [2.24, 2.45) is 0 Å². The van der Waals surface area contributed by atoms with Gasteiger partial charge in [0, 0.05) is 19.3 Å². The first-order chi connectivity index (χ1) is 7.83. The second-order valence-electron chi connectivity index (χ2n) is 3.75. The number of aromatic nitrogens is 4. The molecule has 84 valence electrons. The molecule has 16 heavy (non-hydrogen) atoms. The molecule has 1 aliphatic heterocycles. The summed E-state index contributed by atoms with van der Waals surface area (Å²) >= 11 is 5.00. The second kappa shape index (κ2) is 4.14. The van der Waals surface area contributed by atoms with Crippen LogP contribution in [0.15, 0.2) is 22.4 Å². The molecular weight excluding hydrogens is 290 g/mol. The molecule has 2 aromatic heterocycles. The summed E-state index contributed by atoms with van der Waals surface area (Å²) in [7, 11) is 0. The third-order valence-corrected chi connectivity index (χ3v) is 3.89. The molecule has 0 saturated carbocycles. The maximum absolute atomic E-state index is 4.32. The van der Waals surface area contributed by atoms with Crippen molar-refractivity contribution in [2.45, 2.75) is 12.5 Å². The molecule has 2 aromatic rings. The Morgan fingerprint density at radius 3 is 3.12 bits per heavy atom. The molecule has 0 bridgehead atoms. The monoisotopic (exact) mass is 299 g/mol. The SMILES string of the molecule is Brc1cnn(C2CCN(c3nncs3)C2)c1. The van der Waals surface area contributed by atoms with Crippen LogP contribution in [0, 0.1) is 0 Å². The summed E-state index contributed by atoms with van der Waals surface area (Å²) in [4.78, 5) is 2.26. The number of hydrogen-bond acceptors (Lipinski definition) is 5. The number of nitrogens with zero attached hydrogens (tertiary/aromatic N) is 5. The molecule has 1 atom stereocenters. The first kappa shape index (κ1) is 10.2. The molecule has 5 nitrogen and oxygen atoms in total. The summed E-state index contributed by atoms with van der Waals surface area (Å²) in [6, 6.07) is 0.440. The Kier molecular flexibility index (Phi) is 2.64. The van der Waals surface area contributed by atoms with E-state index in [0.29, 0.717) is 6.04 Å². The quantitative estimate of drug-likeness (QED) is 0.850. The zero-order chi connectivity index (χ0) is 11.0. The average Bonchev–Trinajstić information content (AvgIpc) is 2.97. The Morgan fingerprint density at radius 1 is 1.50 bits per heavy atom. The minimum absolute atomic E-state index is 0.440. The van der Waals surface area contributed by atoms with Gasteiger partial charge in [-0.1, -0.05) is 11.3 Å². The van der Waals surface area contributed by atoms with E-state index in [4.69, 9.17) is 0 Å². The Balaban J connectivity index is 1.74. The molecule has 1 fully saturated rings. The van der Waals surface area contributed by atoms with Crippen molar-refractivity contribution in [3.8, 4) is 0 Å². The molecule has 0 aliphatic carbocycles. The topological polar surface area (TPSA) is 46.8 Å². The second-order valence-corrected chi connectivity index (χ2v) is 5.48. The summed E-state index contributed by atoms with van der Waals surface area (Å²) in [5.74, 6) is 0. The molecule has 0 aromatic carbocycles. The van der Waals surface area contributed by atoms with Gasteiger partial charge >= 0.3 is 0 Å². The van der Waals surface area contributed by atoms with Crippen molar-refractivity contribution in [2.75, 3.05) is 18.0 Å². The van der Waals surface area contributed by atoms with Crippen LogP contribution in [-0.2, 0) is 0 Å². The maximum Gasteiger partial charge on any atom is 0.208 e. The van der Waals surface area contributed by atoms with Gasteiger partial charge < -0.3 is 4.90 Å². The van der Waals surface area contributed by atoms with Gasteiger partial charge in [0.25, 0.3) is 0 Å². The van der Waals surface area contributed by atoms with E-state index in [1.165, 1.54) is 0 Å². The first-order valence-electron chi connectivity index (χ1n) is 5.04. The number of anilines is 1. The van der Waals surface area contributed by atoms with E-state index in [1.54, 1.807) is 16.8 Å². The number of halogens is 1. The largest absolute Gasteiger partial charge is 0.344 e. The standard InChI is InChI=1S/C9H10BrN5S/c10-7-3-12-15(4-7)8-1-2-14(5-8)9-13-11-6-16-9/h3-4,6,8H,1-2,5H2. The maximum atomic E-state index is 4.32. The lowest BCUT2D eigenvalue weighted by molar-refractivity contribution is 0.494. The van der Waals surface area contributed by atoms with Gasteiger partial charge in [-0.15, -0.1) is 10.2 Å². The molecule has 1 saturated heterocycles. The van der Waals surface area contributed by atoms with Crippen LogP contribution in [0.4, 0.5) is 5.13 Å². The highest BCUT2D eigenvalue weighted by Crippen LogP contribution is 2.27. The van der Waals surface area contributed by atoms with Gasteiger partial charge in [-0.25, -0.2) is 0 Å². The van der Waals surface area contributed by atoms with Crippen molar-refractivity contribution < 1.29 is 0 Å². The van der Waals surface area contributed by atoms with Gasteiger partial charge in [0.1, 0.15) is 5.51 Å². The highest BCUT2D eigenvalue weighted by atomic mass is 79.9. The number of hydrogen-bond donors (Lipinski definition) is 0. The smallest absolute Gasteiger partial charge is 0.208 e. The van der Waals surface area contributed by atoms with Crippen LogP contribution >= 0.6 is 27.3 Å². The van der Waals surface area contributed by atoms with Gasteiger partial charge in [0.2, 0.25) is 5.13 Å². The Labute approximate surface area is 105 Å². The van der Waals surface area contributed by atoms with E-state index in [-0.39, 0.29) is 0 Å². The highest BCUT2D eigenvalue weighted by molar-refractivity contribution is 9.10. The third kappa shape index (κ3) is 1.84. The molecule has 0 radical (unpaired) electrons. The molecule has 1 unspecified atom stereocenters. The van der Waals surface area contributed by atoms with Crippen molar-refractivity contribution in [3.05, 3.63) is 22.4 Å². The van der Waals surface area contributed by atoms with Crippen molar-refractivity contribution in [1.82, 2.24) is 20.0 Å². The van der Waals surface area contributed by atoms with Gasteiger partial charge in [-0.05, 0) is 22.4 Å². The van der Waals surface area contributed by atoms with Gasteiger partial charge in [0.05, 0.1) is 16.7 Å². The van der Waals surface area contributed by atoms with E-state index in [1.807, 2.05) is 17.1 Å². The van der Waals surface area contributed by atoms with E-state index in [0.717, 1.165) is 29.1 Å². The molecule has 1 aliphatic rings. The summed E-state index contributed by atoms with van der Waals surface area (Å²) in [5.41, 5.74) is 1.77. The summed E-state index contributed by atoms with van der Waals surface area (Å²) in [5, 5.41) is 13.3. The minimum Gasteiger partial charge on any atom is -0.344 e. The van der Waals surface area contributed by atoms with Crippen LogP contribution in [-0.4, -0.2) is 33.1 Å². The van der Waals surface area contributed by atoms with Crippen LogP contribution in [0.5, 0.6) is 0 Å². The zero-order valence-electron chi connectivity index (χ0n) is 8.45. The fraction of sp³-hybridized carbons (Fsp3) is 0.444. The molecule has 0 N–H and O–H groups in total. The van der Waals surface area contributed by atoms with Gasteiger partial charge in [0.15, 0.2) is 0 Å². The summed E-state index contributed by atoms with van der Waals surface area (Å²) < 4.78 is 3.05. The number of rotatable bonds is 2. The van der Waals surface area contributed by atoms with Gasteiger partial charge in [-0.3, -0.25) is 4.68 Å². The Bertz CT molecular complexity index is 468. The molecule has 7 heteroatoms.